The zero-order chi connectivity index (χ0) is 21.6. The lowest BCUT2D eigenvalue weighted by Gasteiger charge is -2.35. The molecule has 1 saturated heterocycles. The summed E-state index contributed by atoms with van der Waals surface area (Å²) in [6, 6.07) is 11.5. The van der Waals surface area contributed by atoms with Gasteiger partial charge >= 0.3 is 0 Å². The van der Waals surface area contributed by atoms with Crippen LogP contribution in [0.4, 0.5) is 5.69 Å². The van der Waals surface area contributed by atoms with Gasteiger partial charge in [-0.15, -0.1) is 24.0 Å². The van der Waals surface area contributed by atoms with Gasteiger partial charge in [-0.2, -0.15) is 0 Å². The fraction of sp³-hybridized carbons (Fsp3) is 0.583. The van der Waals surface area contributed by atoms with Crippen molar-refractivity contribution in [3.8, 4) is 0 Å². The number of halogens is 1. The summed E-state index contributed by atoms with van der Waals surface area (Å²) in [6.45, 7) is 14.4. The molecule has 1 fully saturated rings. The van der Waals surface area contributed by atoms with Gasteiger partial charge in [0.2, 0.25) is 0 Å². The topological polar surface area (TPSA) is 65.7 Å². The number of aryl methyl sites for hydroxylation is 1. The van der Waals surface area contributed by atoms with Crippen LogP contribution in [0.3, 0.4) is 0 Å². The summed E-state index contributed by atoms with van der Waals surface area (Å²) in [6.07, 6.45) is 3.06. The molecule has 172 valence electrons. The van der Waals surface area contributed by atoms with Crippen LogP contribution in [0.25, 0.3) is 0 Å². The van der Waals surface area contributed by atoms with Crippen molar-refractivity contribution in [2.24, 2.45) is 4.99 Å². The number of nitrogens with zero attached hydrogens (tertiary/aromatic N) is 3. The lowest BCUT2D eigenvalue weighted by atomic mass is 9.87. The van der Waals surface area contributed by atoms with Crippen molar-refractivity contribution in [1.82, 2.24) is 15.8 Å². The molecule has 1 aromatic carbocycles. The molecule has 0 amide bonds. The van der Waals surface area contributed by atoms with Crippen LogP contribution in [0, 0.1) is 0 Å². The molecule has 0 saturated carbocycles. The van der Waals surface area contributed by atoms with Crippen LogP contribution in [0.15, 0.2) is 39.8 Å². The van der Waals surface area contributed by atoms with E-state index in [0.717, 1.165) is 56.3 Å². The van der Waals surface area contributed by atoms with E-state index in [9.17, 15) is 0 Å². The number of hydrogen-bond donors (Lipinski definition) is 2. The Hall–Kier alpha value is -1.77. The monoisotopic (exact) mass is 539 g/mol. The van der Waals surface area contributed by atoms with Crippen molar-refractivity contribution in [1.29, 1.82) is 0 Å². The molecule has 0 aliphatic carbocycles. The van der Waals surface area contributed by atoms with E-state index in [4.69, 9.17) is 4.52 Å². The second-order valence-electron chi connectivity index (χ2n) is 9.04. The van der Waals surface area contributed by atoms with Crippen LogP contribution in [0.1, 0.15) is 64.5 Å². The summed E-state index contributed by atoms with van der Waals surface area (Å²) >= 11 is 0. The van der Waals surface area contributed by atoms with E-state index in [0.29, 0.717) is 12.6 Å². The number of aliphatic imine (C=N–C) groups is 1. The van der Waals surface area contributed by atoms with E-state index in [1.54, 1.807) is 0 Å². The van der Waals surface area contributed by atoms with Gasteiger partial charge in [0.1, 0.15) is 6.54 Å². The maximum atomic E-state index is 5.35. The van der Waals surface area contributed by atoms with E-state index in [1.807, 2.05) is 6.07 Å². The summed E-state index contributed by atoms with van der Waals surface area (Å²) in [5.74, 6) is 1.65. The first kappa shape index (κ1) is 25.5. The Labute approximate surface area is 204 Å². The molecule has 7 heteroatoms. The van der Waals surface area contributed by atoms with Crippen molar-refractivity contribution >= 4 is 35.6 Å². The largest absolute Gasteiger partial charge is 0.371 e. The SMILES string of the molecule is CCNC(=NCc1cc(CC)no1)NC1CCN(c2ccc(C(C)(C)C)cc2)CC1.I. The second kappa shape index (κ2) is 11.7. The Morgan fingerprint density at radius 2 is 1.84 bits per heavy atom. The first-order valence-electron chi connectivity index (χ1n) is 11.2. The highest BCUT2D eigenvalue weighted by atomic mass is 127. The third-order valence-electron chi connectivity index (χ3n) is 5.64. The summed E-state index contributed by atoms with van der Waals surface area (Å²) < 4.78 is 5.35. The molecule has 0 radical (unpaired) electrons. The van der Waals surface area contributed by atoms with Crippen molar-refractivity contribution in [2.45, 2.75) is 71.9 Å². The molecule has 2 N–H and O–H groups in total. The second-order valence-corrected chi connectivity index (χ2v) is 9.04. The molecular weight excluding hydrogens is 501 g/mol. The summed E-state index contributed by atoms with van der Waals surface area (Å²) in [5.41, 5.74) is 3.87. The molecule has 3 rings (SSSR count). The number of piperidine rings is 1. The van der Waals surface area contributed by atoms with Crippen molar-refractivity contribution in [3.63, 3.8) is 0 Å². The summed E-state index contributed by atoms with van der Waals surface area (Å²) in [7, 11) is 0. The van der Waals surface area contributed by atoms with Crippen molar-refractivity contribution < 1.29 is 4.52 Å². The van der Waals surface area contributed by atoms with Crippen LogP contribution in [0.2, 0.25) is 0 Å². The minimum absolute atomic E-state index is 0. The Morgan fingerprint density at radius 1 is 1.16 bits per heavy atom. The lowest BCUT2D eigenvalue weighted by Crippen LogP contribution is -2.48. The van der Waals surface area contributed by atoms with E-state index in [1.165, 1.54) is 11.3 Å². The molecule has 0 atom stereocenters. The van der Waals surface area contributed by atoms with Gasteiger partial charge in [0.25, 0.3) is 0 Å². The standard InChI is InChI=1S/C24H37N5O.HI/c1-6-19-16-22(30-28-19)17-26-23(25-7-2)27-20-12-14-29(15-13-20)21-10-8-18(9-11-21)24(3,4)5;/h8-11,16,20H,6-7,12-15,17H2,1-5H3,(H2,25,26,27);1H. The number of anilines is 1. The van der Waals surface area contributed by atoms with Gasteiger partial charge in [0.05, 0.1) is 5.69 Å². The van der Waals surface area contributed by atoms with Gasteiger partial charge in [0, 0.05) is 37.4 Å². The molecule has 1 aromatic heterocycles. The molecular formula is C24H38IN5O. The zero-order valence-corrected chi connectivity index (χ0v) is 21.9. The zero-order valence-electron chi connectivity index (χ0n) is 19.6. The molecule has 2 aromatic rings. The molecule has 0 bridgehead atoms. The summed E-state index contributed by atoms with van der Waals surface area (Å²) in [4.78, 5) is 7.16. The smallest absolute Gasteiger partial charge is 0.191 e. The number of rotatable bonds is 6. The van der Waals surface area contributed by atoms with Gasteiger partial charge in [-0.05, 0) is 49.3 Å². The van der Waals surface area contributed by atoms with Gasteiger partial charge in [0.15, 0.2) is 11.7 Å². The van der Waals surface area contributed by atoms with Crippen molar-refractivity contribution in [2.75, 3.05) is 24.5 Å². The number of aromatic nitrogens is 1. The maximum Gasteiger partial charge on any atom is 0.191 e. The lowest BCUT2D eigenvalue weighted by molar-refractivity contribution is 0.379. The number of hydrogen-bond acceptors (Lipinski definition) is 4. The number of guanidine groups is 1. The fourth-order valence-electron chi connectivity index (χ4n) is 3.72. The van der Waals surface area contributed by atoms with Gasteiger partial charge in [-0.3, -0.25) is 0 Å². The highest BCUT2D eigenvalue weighted by molar-refractivity contribution is 14.0. The maximum absolute atomic E-state index is 5.35. The van der Waals surface area contributed by atoms with Gasteiger partial charge in [-0.25, -0.2) is 4.99 Å². The van der Waals surface area contributed by atoms with E-state index >= 15 is 0 Å². The van der Waals surface area contributed by atoms with E-state index in [-0.39, 0.29) is 29.4 Å². The summed E-state index contributed by atoms with van der Waals surface area (Å²) in [5, 5.41) is 11.0. The average Bonchev–Trinajstić information content (AvgIpc) is 3.20. The van der Waals surface area contributed by atoms with Crippen molar-refractivity contribution in [3.05, 3.63) is 47.3 Å². The minimum atomic E-state index is 0. The van der Waals surface area contributed by atoms with E-state index < -0.39 is 0 Å². The van der Waals surface area contributed by atoms with Crippen LogP contribution >= 0.6 is 24.0 Å². The molecule has 0 spiro atoms. The first-order chi connectivity index (χ1) is 14.4. The molecule has 2 heterocycles. The normalized spacial score (nSPS) is 15.5. The Morgan fingerprint density at radius 3 is 2.39 bits per heavy atom. The highest BCUT2D eigenvalue weighted by Gasteiger charge is 2.21. The predicted molar refractivity (Wildman–Crippen MR) is 140 cm³/mol. The Bertz CT molecular complexity index is 817. The quantitative estimate of drug-likeness (QED) is 0.312. The van der Waals surface area contributed by atoms with Crippen LogP contribution < -0.4 is 15.5 Å². The van der Waals surface area contributed by atoms with Gasteiger partial charge < -0.3 is 20.1 Å². The predicted octanol–water partition coefficient (Wildman–Crippen LogP) is 4.88. The van der Waals surface area contributed by atoms with E-state index in [2.05, 4.69) is 84.6 Å². The van der Waals surface area contributed by atoms with Crippen LogP contribution in [-0.4, -0.2) is 36.8 Å². The molecule has 1 aliphatic heterocycles. The molecule has 1 aliphatic rings. The van der Waals surface area contributed by atoms with Crippen LogP contribution in [-0.2, 0) is 18.4 Å². The van der Waals surface area contributed by atoms with Crippen LogP contribution in [0.5, 0.6) is 0 Å². The fourth-order valence-corrected chi connectivity index (χ4v) is 3.72. The molecule has 6 nitrogen and oxygen atoms in total. The average molecular weight is 540 g/mol. The third-order valence-corrected chi connectivity index (χ3v) is 5.64. The highest BCUT2D eigenvalue weighted by Crippen LogP contribution is 2.26. The molecule has 31 heavy (non-hydrogen) atoms. The molecule has 0 unspecified atom stereocenters. The third kappa shape index (κ3) is 7.40. The Kier molecular flexibility index (Phi) is 9.65. The minimum Gasteiger partial charge on any atom is -0.371 e. The van der Waals surface area contributed by atoms with Gasteiger partial charge in [-0.1, -0.05) is 45.0 Å². The Balaban J connectivity index is 0.00000341. The first-order valence-corrected chi connectivity index (χ1v) is 11.2. The number of nitrogens with one attached hydrogen (secondary N) is 2. The number of benzene rings is 1.